The fraction of sp³-hybridized carbons (Fsp3) is 0.417. The standard InChI is InChI=1S/C24H30Cl2N2O3/c1-6-27-23(30)16(2)28(14-17-11-12-19(25)20(26)13-17)22(29)15-31-21-10-8-7-9-18(21)24(3,4)5/h7-13,16H,6,14-15H2,1-5H3,(H,27,30). The molecule has 7 heteroatoms. The lowest BCUT2D eigenvalue weighted by molar-refractivity contribution is -0.142. The Morgan fingerprint density at radius 3 is 2.39 bits per heavy atom. The summed E-state index contributed by atoms with van der Waals surface area (Å²) in [6.07, 6.45) is 0. The molecule has 0 aromatic heterocycles. The van der Waals surface area contributed by atoms with Gasteiger partial charge in [0.25, 0.3) is 5.91 Å². The molecule has 0 bridgehead atoms. The van der Waals surface area contributed by atoms with E-state index in [2.05, 4.69) is 26.1 Å². The maximum atomic E-state index is 13.1. The Bertz CT molecular complexity index is 925. The van der Waals surface area contributed by atoms with E-state index in [1.807, 2.05) is 31.2 Å². The lowest BCUT2D eigenvalue weighted by Gasteiger charge is -2.29. The lowest BCUT2D eigenvalue weighted by atomic mass is 9.86. The number of carbonyl (C=O) groups excluding carboxylic acids is 2. The van der Waals surface area contributed by atoms with Crippen LogP contribution in [0.5, 0.6) is 5.75 Å². The van der Waals surface area contributed by atoms with Gasteiger partial charge in [-0.2, -0.15) is 0 Å². The summed E-state index contributed by atoms with van der Waals surface area (Å²) in [5.74, 6) is 0.128. The van der Waals surface area contributed by atoms with Crippen molar-refractivity contribution in [2.24, 2.45) is 0 Å². The summed E-state index contributed by atoms with van der Waals surface area (Å²) >= 11 is 12.1. The molecule has 2 aromatic rings. The van der Waals surface area contributed by atoms with E-state index in [1.165, 1.54) is 4.90 Å². The van der Waals surface area contributed by atoms with Crippen molar-refractivity contribution >= 4 is 35.0 Å². The number of carbonyl (C=O) groups is 2. The van der Waals surface area contributed by atoms with E-state index in [0.29, 0.717) is 22.3 Å². The summed E-state index contributed by atoms with van der Waals surface area (Å²) in [5.41, 5.74) is 1.65. The first-order valence-electron chi connectivity index (χ1n) is 10.3. The Morgan fingerprint density at radius 2 is 1.77 bits per heavy atom. The van der Waals surface area contributed by atoms with Crippen molar-refractivity contribution < 1.29 is 14.3 Å². The molecule has 2 aromatic carbocycles. The van der Waals surface area contributed by atoms with Gasteiger partial charge in [0.05, 0.1) is 10.0 Å². The molecule has 168 valence electrons. The van der Waals surface area contributed by atoms with Crippen LogP contribution < -0.4 is 10.1 Å². The molecule has 0 heterocycles. The first-order chi connectivity index (χ1) is 14.5. The molecule has 0 fully saturated rings. The van der Waals surface area contributed by atoms with Gasteiger partial charge in [-0.25, -0.2) is 0 Å². The molecule has 1 N–H and O–H groups in total. The topological polar surface area (TPSA) is 58.6 Å². The van der Waals surface area contributed by atoms with E-state index >= 15 is 0 Å². The highest BCUT2D eigenvalue weighted by Crippen LogP contribution is 2.31. The number of para-hydroxylation sites is 1. The summed E-state index contributed by atoms with van der Waals surface area (Å²) in [5, 5.41) is 3.60. The highest BCUT2D eigenvalue weighted by Gasteiger charge is 2.27. The van der Waals surface area contributed by atoms with Crippen molar-refractivity contribution in [2.45, 2.75) is 52.6 Å². The van der Waals surface area contributed by atoms with Gasteiger partial charge in [-0.15, -0.1) is 0 Å². The van der Waals surface area contributed by atoms with Crippen molar-refractivity contribution in [3.05, 3.63) is 63.6 Å². The van der Waals surface area contributed by atoms with Crippen LogP contribution in [0.3, 0.4) is 0 Å². The third kappa shape index (κ3) is 6.88. The number of rotatable bonds is 8. The van der Waals surface area contributed by atoms with Gasteiger partial charge in [-0.1, -0.05) is 68.2 Å². The van der Waals surface area contributed by atoms with Gasteiger partial charge in [-0.05, 0) is 48.6 Å². The molecule has 2 rings (SSSR count). The molecule has 0 spiro atoms. The first-order valence-corrected chi connectivity index (χ1v) is 11.0. The molecule has 0 aliphatic carbocycles. The second kappa shape index (κ2) is 10.9. The van der Waals surface area contributed by atoms with Crippen molar-refractivity contribution in [1.82, 2.24) is 10.2 Å². The van der Waals surface area contributed by atoms with E-state index in [1.54, 1.807) is 25.1 Å². The number of ether oxygens (including phenoxy) is 1. The zero-order chi connectivity index (χ0) is 23.2. The molecule has 0 radical (unpaired) electrons. The summed E-state index contributed by atoms with van der Waals surface area (Å²) in [7, 11) is 0. The van der Waals surface area contributed by atoms with Crippen molar-refractivity contribution in [3.8, 4) is 5.75 Å². The van der Waals surface area contributed by atoms with Crippen LogP contribution in [-0.2, 0) is 21.5 Å². The van der Waals surface area contributed by atoms with E-state index in [0.717, 1.165) is 11.1 Å². The minimum Gasteiger partial charge on any atom is -0.483 e. The molecule has 2 amide bonds. The largest absolute Gasteiger partial charge is 0.483 e. The maximum Gasteiger partial charge on any atom is 0.261 e. The van der Waals surface area contributed by atoms with E-state index < -0.39 is 6.04 Å². The number of hydrogen-bond acceptors (Lipinski definition) is 3. The maximum absolute atomic E-state index is 13.1. The van der Waals surface area contributed by atoms with Gasteiger partial charge in [0, 0.05) is 13.1 Å². The average molecular weight is 465 g/mol. The zero-order valence-electron chi connectivity index (χ0n) is 18.7. The number of amides is 2. The fourth-order valence-electron chi connectivity index (χ4n) is 3.17. The molecular formula is C24H30Cl2N2O3. The number of halogens is 2. The third-order valence-electron chi connectivity index (χ3n) is 4.90. The Labute approximate surface area is 194 Å². The van der Waals surface area contributed by atoms with E-state index in [9.17, 15) is 9.59 Å². The third-order valence-corrected chi connectivity index (χ3v) is 5.64. The number of nitrogens with zero attached hydrogens (tertiary/aromatic N) is 1. The van der Waals surface area contributed by atoms with Gasteiger partial charge in [0.2, 0.25) is 5.91 Å². The quantitative estimate of drug-likeness (QED) is 0.582. The number of benzene rings is 2. The second-order valence-corrected chi connectivity index (χ2v) is 9.19. The van der Waals surface area contributed by atoms with Gasteiger partial charge in [0.15, 0.2) is 6.61 Å². The van der Waals surface area contributed by atoms with Crippen LogP contribution in [0.2, 0.25) is 10.0 Å². The van der Waals surface area contributed by atoms with Crippen LogP contribution in [0, 0.1) is 0 Å². The zero-order valence-corrected chi connectivity index (χ0v) is 20.2. The van der Waals surface area contributed by atoms with Crippen LogP contribution in [-0.4, -0.2) is 35.9 Å². The molecule has 0 aliphatic rings. The Balaban J connectivity index is 2.24. The average Bonchev–Trinajstić information content (AvgIpc) is 2.72. The summed E-state index contributed by atoms with van der Waals surface area (Å²) in [4.78, 5) is 27.1. The Kier molecular flexibility index (Phi) is 8.78. The van der Waals surface area contributed by atoms with E-state index in [-0.39, 0.29) is 30.4 Å². The lowest BCUT2D eigenvalue weighted by Crippen LogP contribution is -2.49. The summed E-state index contributed by atoms with van der Waals surface area (Å²) < 4.78 is 5.91. The summed E-state index contributed by atoms with van der Waals surface area (Å²) in [6, 6.07) is 12.1. The van der Waals surface area contributed by atoms with Gasteiger partial charge < -0.3 is 15.0 Å². The molecule has 1 atom stereocenters. The summed E-state index contributed by atoms with van der Waals surface area (Å²) in [6.45, 7) is 10.3. The van der Waals surface area contributed by atoms with Crippen LogP contribution in [0.4, 0.5) is 0 Å². The fourth-order valence-corrected chi connectivity index (χ4v) is 3.49. The smallest absolute Gasteiger partial charge is 0.261 e. The minimum atomic E-state index is -0.677. The SMILES string of the molecule is CCNC(=O)C(C)N(Cc1ccc(Cl)c(Cl)c1)C(=O)COc1ccccc1C(C)(C)C. The minimum absolute atomic E-state index is 0.131. The molecule has 1 unspecified atom stereocenters. The second-order valence-electron chi connectivity index (χ2n) is 8.38. The molecule has 0 saturated carbocycles. The van der Waals surface area contributed by atoms with Gasteiger partial charge in [-0.3, -0.25) is 9.59 Å². The van der Waals surface area contributed by atoms with Crippen molar-refractivity contribution in [1.29, 1.82) is 0 Å². The highest BCUT2D eigenvalue weighted by atomic mass is 35.5. The van der Waals surface area contributed by atoms with E-state index in [4.69, 9.17) is 27.9 Å². The highest BCUT2D eigenvalue weighted by molar-refractivity contribution is 6.42. The van der Waals surface area contributed by atoms with Crippen LogP contribution in [0.25, 0.3) is 0 Å². The Hall–Kier alpha value is -2.24. The van der Waals surface area contributed by atoms with Gasteiger partial charge in [0.1, 0.15) is 11.8 Å². The predicted octanol–water partition coefficient (Wildman–Crippen LogP) is 5.22. The molecule has 5 nitrogen and oxygen atoms in total. The normalized spacial score (nSPS) is 12.2. The van der Waals surface area contributed by atoms with Gasteiger partial charge >= 0.3 is 0 Å². The number of likely N-dealkylation sites (N-methyl/N-ethyl adjacent to an activating group) is 1. The molecule has 31 heavy (non-hydrogen) atoms. The monoisotopic (exact) mass is 464 g/mol. The van der Waals surface area contributed by atoms with Crippen LogP contribution in [0.15, 0.2) is 42.5 Å². The first kappa shape index (κ1) is 25.0. The number of nitrogens with one attached hydrogen (secondary N) is 1. The molecule has 0 saturated heterocycles. The molecule has 0 aliphatic heterocycles. The Morgan fingerprint density at radius 1 is 1.10 bits per heavy atom. The van der Waals surface area contributed by atoms with Crippen molar-refractivity contribution in [2.75, 3.05) is 13.2 Å². The van der Waals surface area contributed by atoms with Crippen LogP contribution >= 0.6 is 23.2 Å². The molecular weight excluding hydrogens is 435 g/mol. The number of hydrogen-bond donors (Lipinski definition) is 1. The van der Waals surface area contributed by atoms with Crippen molar-refractivity contribution in [3.63, 3.8) is 0 Å². The van der Waals surface area contributed by atoms with Crippen LogP contribution in [0.1, 0.15) is 45.7 Å². The predicted molar refractivity (Wildman–Crippen MR) is 126 cm³/mol.